The van der Waals surface area contributed by atoms with Crippen LogP contribution in [-0.4, -0.2) is 14.3 Å². The first-order valence-corrected chi connectivity index (χ1v) is 9.64. The SMILES string of the molecule is CC1=CCC=[C]1[GeH]([CH3])[CH3]. The molecule has 0 aromatic heterocycles. The normalized spacial score (nSPS) is 18.2. The van der Waals surface area contributed by atoms with Crippen LogP contribution in [0.25, 0.3) is 0 Å². The molecule has 0 atom stereocenters. The molecule has 0 aromatic carbocycles. The monoisotopic (exact) mass is 184 g/mol. The Labute approximate surface area is 61.8 Å². The Bertz CT molecular complexity index is 163. The van der Waals surface area contributed by atoms with Crippen LogP contribution in [-0.2, 0) is 0 Å². The third-order valence-corrected chi connectivity index (χ3v) is 5.90. The molecule has 0 saturated heterocycles. The van der Waals surface area contributed by atoms with Gasteiger partial charge in [-0.2, -0.15) is 0 Å². The van der Waals surface area contributed by atoms with Crippen LogP contribution in [0.1, 0.15) is 13.3 Å². The zero-order chi connectivity index (χ0) is 6.85. The van der Waals surface area contributed by atoms with Crippen LogP contribution in [0.2, 0.25) is 11.5 Å². The molecule has 0 aliphatic heterocycles. The Morgan fingerprint density at radius 3 is 2.22 bits per heavy atom. The predicted molar refractivity (Wildman–Crippen MR) is 45.3 cm³/mol. The van der Waals surface area contributed by atoms with Gasteiger partial charge in [0.25, 0.3) is 0 Å². The van der Waals surface area contributed by atoms with E-state index in [0.29, 0.717) is 0 Å². The fourth-order valence-electron chi connectivity index (χ4n) is 1.33. The maximum absolute atomic E-state index is 2.43. The first-order valence-electron chi connectivity index (χ1n) is 3.59. The predicted octanol–water partition coefficient (Wildman–Crippen LogP) is 2.29. The Hall–Kier alpha value is 0.0229. The van der Waals surface area contributed by atoms with Gasteiger partial charge in [0.2, 0.25) is 0 Å². The summed E-state index contributed by atoms with van der Waals surface area (Å²) in [6.07, 6.45) is 5.94. The molecule has 0 bridgehead atoms. The molecule has 50 valence electrons. The van der Waals surface area contributed by atoms with Crippen LogP contribution >= 0.6 is 0 Å². The van der Waals surface area contributed by atoms with Gasteiger partial charge in [-0.25, -0.2) is 0 Å². The molecule has 1 heteroatoms. The fourth-order valence-corrected chi connectivity index (χ4v) is 4.77. The van der Waals surface area contributed by atoms with Gasteiger partial charge in [-0.15, -0.1) is 0 Å². The van der Waals surface area contributed by atoms with Crippen LogP contribution in [0.4, 0.5) is 0 Å². The minimum atomic E-state index is -0.908. The van der Waals surface area contributed by atoms with Crippen molar-refractivity contribution in [1.29, 1.82) is 0 Å². The van der Waals surface area contributed by atoms with Crippen molar-refractivity contribution in [2.45, 2.75) is 24.9 Å². The van der Waals surface area contributed by atoms with Crippen molar-refractivity contribution in [3.05, 3.63) is 22.1 Å². The molecule has 0 fully saturated rings. The van der Waals surface area contributed by atoms with Crippen LogP contribution in [0.5, 0.6) is 0 Å². The molecule has 0 nitrogen and oxygen atoms in total. The van der Waals surface area contributed by atoms with Crippen LogP contribution in [0.3, 0.4) is 0 Å². The van der Waals surface area contributed by atoms with Crippen molar-refractivity contribution >= 4 is 14.3 Å². The fraction of sp³-hybridized carbons (Fsp3) is 0.500. The Balaban J connectivity index is 2.72. The van der Waals surface area contributed by atoms with E-state index in [0.717, 1.165) is 0 Å². The van der Waals surface area contributed by atoms with Crippen molar-refractivity contribution < 1.29 is 0 Å². The van der Waals surface area contributed by atoms with E-state index in [1.165, 1.54) is 6.42 Å². The summed E-state index contributed by atoms with van der Waals surface area (Å²) >= 11 is -0.908. The van der Waals surface area contributed by atoms with Crippen LogP contribution < -0.4 is 0 Å². The van der Waals surface area contributed by atoms with Gasteiger partial charge in [-0.3, -0.25) is 0 Å². The summed E-state index contributed by atoms with van der Waals surface area (Å²) in [5.74, 6) is 4.86. The first kappa shape index (κ1) is 7.13. The first-order chi connectivity index (χ1) is 4.22. The molecule has 1 aliphatic rings. The summed E-state index contributed by atoms with van der Waals surface area (Å²) < 4.78 is 1.72. The van der Waals surface area contributed by atoms with E-state index in [4.69, 9.17) is 0 Å². The molecule has 9 heavy (non-hydrogen) atoms. The van der Waals surface area contributed by atoms with Gasteiger partial charge in [-0.05, 0) is 0 Å². The summed E-state index contributed by atoms with van der Waals surface area (Å²) in [4.78, 5) is 0. The van der Waals surface area contributed by atoms with Gasteiger partial charge >= 0.3 is 61.3 Å². The van der Waals surface area contributed by atoms with Gasteiger partial charge < -0.3 is 0 Å². The Kier molecular flexibility index (Phi) is 2.17. The van der Waals surface area contributed by atoms with E-state index in [1.54, 1.807) is 9.98 Å². The molecule has 0 radical (unpaired) electrons. The number of hydrogen-bond donors (Lipinski definition) is 0. The van der Waals surface area contributed by atoms with Gasteiger partial charge in [0, 0.05) is 0 Å². The van der Waals surface area contributed by atoms with Gasteiger partial charge in [0.15, 0.2) is 0 Å². The average molecular weight is 183 g/mol. The van der Waals surface area contributed by atoms with E-state index in [9.17, 15) is 0 Å². The number of hydrogen-bond acceptors (Lipinski definition) is 0. The summed E-state index contributed by atoms with van der Waals surface area (Å²) in [5, 5.41) is 0. The molecule has 0 unspecified atom stereocenters. The number of allylic oxidation sites excluding steroid dienone is 4. The molecule has 0 spiro atoms. The molecule has 0 aromatic rings. The topological polar surface area (TPSA) is 0 Å². The van der Waals surface area contributed by atoms with Gasteiger partial charge in [0.1, 0.15) is 0 Å². The summed E-state index contributed by atoms with van der Waals surface area (Å²) in [6.45, 7) is 2.24. The Morgan fingerprint density at radius 2 is 2.00 bits per heavy atom. The molecule has 0 amide bonds. The molecule has 1 rings (SSSR count). The van der Waals surface area contributed by atoms with Crippen molar-refractivity contribution in [3.63, 3.8) is 0 Å². The van der Waals surface area contributed by atoms with Crippen molar-refractivity contribution in [3.8, 4) is 0 Å². The van der Waals surface area contributed by atoms with E-state index in [1.807, 2.05) is 0 Å². The molecule has 1 aliphatic carbocycles. The second kappa shape index (κ2) is 2.74. The van der Waals surface area contributed by atoms with Crippen molar-refractivity contribution in [1.82, 2.24) is 0 Å². The third kappa shape index (κ3) is 1.48. The number of rotatable bonds is 1. The second-order valence-corrected chi connectivity index (χ2v) is 9.09. The second-order valence-electron chi connectivity index (χ2n) is 2.94. The van der Waals surface area contributed by atoms with Crippen LogP contribution in [0, 0.1) is 0 Å². The van der Waals surface area contributed by atoms with Crippen LogP contribution in [0.15, 0.2) is 22.1 Å². The van der Waals surface area contributed by atoms with E-state index in [2.05, 4.69) is 30.6 Å². The zero-order valence-corrected chi connectivity index (χ0v) is 8.86. The van der Waals surface area contributed by atoms with Gasteiger partial charge in [-0.1, -0.05) is 0 Å². The van der Waals surface area contributed by atoms with Crippen molar-refractivity contribution in [2.75, 3.05) is 0 Å². The summed E-state index contributed by atoms with van der Waals surface area (Å²) in [7, 11) is 0. The molecular weight excluding hydrogens is 169 g/mol. The maximum atomic E-state index is 2.43. The molecular formula is C8H14Ge. The standard InChI is InChI=1S/C8H14Ge/c1-7-5-4-6-8(7)9(2)3/h5-6,9H,4H2,1-3H3. The van der Waals surface area contributed by atoms with Gasteiger partial charge in [0.05, 0.1) is 0 Å². The molecule has 0 heterocycles. The zero-order valence-electron chi connectivity index (χ0n) is 6.44. The summed E-state index contributed by atoms with van der Waals surface area (Å²) in [6, 6.07) is 0. The minimum absolute atomic E-state index is 0.908. The molecule has 0 saturated carbocycles. The average Bonchev–Trinajstić information content (AvgIpc) is 2.13. The Morgan fingerprint density at radius 1 is 1.33 bits per heavy atom. The van der Waals surface area contributed by atoms with Crippen molar-refractivity contribution in [2.24, 2.45) is 0 Å². The van der Waals surface area contributed by atoms with E-state index >= 15 is 0 Å². The quantitative estimate of drug-likeness (QED) is 0.546. The third-order valence-electron chi connectivity index (χ3n) is 1.84. The van der Waals surface area contributed by atoms with E-state index < -0.39 is 14.3 Å². The summed E-state index contributed by atoms with van der Waals surface area (Å²) in [5.41, 5.74) is 1.56. The van der Waals surface area contributed by atoms with E-state index in [-0.39, 0.29) is 0 Å². The molecule has 0 N–H and O–H groups in total.